The summed E-state index contributed by atoms with van der Waals surface area (Å²) in [5.74, 6) is 0.317. The number of halogens is 1. The maximum absolute atomic E-state index is 12.1. The first kappa shape index (κ1) is 19.2. The van der Waals surface area contributed by atoms with Gasteiger partial charge in [0.1, 0.15) is 0 Å². The lowest BCUT2D eigenvalue weighted by atomic mass is 10.0. The smallest absolute Gasteiger partial charge is 0.243 e. The molecule has 0 radical (unpaired) electrons. The lowest BCUT2D eigenvalue weighted by Crippen LogP contribution is -2.33. The van der Waals surface area contributed by atoms with Crippen LogP contribution in [0, 0.1) is 5.92 Å². The molecule has 0 saturated carbocycles. The van der Waals surface area contributed by atoms with E-state index in [0.717, 1.165) is 42.4 Å². The third-order valence-electron chi connectivity index (χ3n) is 4.45. The molecule has 3 N–H and O–H groups in total. The minimum atomic E-state index is -0.206. The van der Waals surface area contributed by atoms with Gasteiger partial charge in [0.2, 0.25) is 11.8 Å². The minimum absolute atomic E-state index is 0. The molecule has 2 aromatic rings. The SMILES string of the molecule is Cl.O=C(CCC1CCNC1)NCC(=O)Nc1cccc2ccccc12. The molecule has 0 bridgehead atoms. The van der Waals surface area contributed by atoms with Crippen molar-refractivity contribution >= 4 is 40.7 Å². The van der Waals surface area contributed by atoms with Crippen LogP contribution in [0.25, 0.3) is 10.8 Å². The zero-order valence-corrected chi connectivity index (χ0v) is 14.9. The van der Waals surface area contributed by atoms with Crippen molar-refractivity contribution < 1.29 is 9.59 Å². The van der Waals surface area contributed by atoms with Gasteiger partial charge in [0, 0.05) is 17.5 Å². The number of fused-ring (bicyclic) bond motifs is 1. The summed E-state index contributed by atoms with van der Waals surface area (Å²) in [4.78, 5) is 23.9. The Labute approximate surface area is 154 Å². The summed E-state index contributed by atoms with van der Waals surface area (Å²) < 4.78 is 0. The first-order chi connectivity index (χ1) is 11.7. The molecule has 134 valence electrons. The number of hydrogen-bond donors (Lipinski definition) is 3. The molecule has 2 amide bonds. The van der Waals surface area contributed by atoms with Gasteiger partial charge in [0.25, 0.3) is 0 Å². The molecule has 1 unspecified atom stereocenters. The average Bonchev–Trinajstić information content (AvgIpc) is 3.12. The summed E-state index contributed by atoms with van der Waals surface area (Å²) in [6, 6.07) is 13.7. The van der Waals surface area contributed by atoms with Crippen LogP contribution in [0.2, 0.25) is 0 Å². The van der Waals surface area contributed by atoms with Crippen molar-refractivity contribution in [1.29, 1.82) is 0 Å². The van der Waals surface area contributed by atoms with E-state index in [1.165, 1.54) is 0 Å². The fourth-order valence-electron chi connectivity index (χ4n) is 3.09. The highest BCUT2D eigenvalue weighted by atomic mass is 35.5. The standard InChI is InChI=1S/C19H23N3O2.ClH/c23-18(9-8-14-10-11-20-12-14)21-13-19(24)22-17-7-3-5-15-4-1-2-6-16(15)17;/h1-7,14,20H,8-13H2,(H,21,23)(H,22,24);1H. The van der Waals surface area contributed by atoms with Crippen molar-refractivity contribution in [3.63, 3.8) is 0 Å². The highest BCUT2D eigenvalue weighted by molar-refractivity contribution is 6.03. The molecule has 2 aromatic carbocycles. The van der Waals surface area contributed by atoms with Crippen LogP contribution in [0.1, 0.15) is 19.3 Å². The van der Waals surface area contributed by atoms with Crippen LogP contribution in [-0.2, 0) is 9.59 Å². The van der Waals surface area contributed by atoms with Crippen molar-refractivity contribution in [2.45, 2.75) is 19.3 Å². The summed E-state index contributed by atoms with van der Waals surface area (Å²) in [5.41, 5.74) is 0.768. The number of anilines is 1. The maximum atomic E-state index is 12.1. The molecule has 1 aliphatic rings. The van der Waals surface area contributed by atoms with Crippen LogP contribution in [0.15, 0.2) is 42.5 Å². The van der Waals surface area contributed by atoms with Gasteiger partial charge in [-0.2, -0.15) is 0 Å². The fourth-order valence-corrected chi connectivity index (χ4v) is 3.09. The molecule has 0 aliphatic carbocycles. The molecule has 0 spiro atoms. The molecule has 1 fully saturated rings. The van der Waals surface area contributed by atoms with E-state index < -0.39 is 0 Å². The summed E-state index contributed by atoms with van der Waals surface area (Å²) in [6.07, 6.45) is 2.49. The Balaban J connectivity index is 0.00000225. The van der Waals surface area contributed by atoms with Crippen LogP contribution < -0.4 is 16.0 Å². The van der Waals surface area contributed by atoms with Gasteiger partial charge in [-0.25, -0.2) is 0 Å². The number of carbonyl (C=O) groups is 2. The van der Waals surface area contributed by atoms with E-state index in [-0.39, 0.29) is 30.8 Å². The van der Waals surface area contributed by atoms with Crippen molar-refractivity contribution in [1.82, 2.24) is 10.6 Å². The van der Waals surface area contributed by atoms with E-state index in [1.54, 1.807) is 0 Å². The van der Waals surface area contributed by atoms with Crippen LogP contribution in [0.3, 0.4) is 0 Å². The normalized spacial score (nSPS) is 16.2. The molecule has 1 aliphatic heterocycles. The second-order valence-electron chi connectivity index (χ2n) is 6.25. The molecular formula is C19H24ClN3O2. The van der Waals surface area contributed by atoms with Gasteiger partial charge >= 0.3 is 0 Å². The van der Waals surface area contributed by atoms with Gasteiger partial charge in [-0.3, -0.25) is 9.59 Å². The first-order valence-electron chi connectivity index (χ1n) is 8.47. The van der Waals surface area contributed by atoms with Crippen LogP contribution >= 0.6 is 12.4 Å². The molecule has 25 heavy (non-hydrogen) atoms. The van der Waals surface area contributed by atoms with Gasteiger partial charge in [-0.1, -0.05) is 36.4 Å². The fraction of sp³-hybridized carbons (Fsp3) is 0.368. The lowest BCUT2D eigenvalue weighted by Gasteiger charge is -2.10. The quantitative estimate of drug-likeness (QED) is 0.740. The van der Waals surface area contributed by atoms with E-state index in [0.29, 0.717) is 12.3 Å². The minimum Gasteiger partial charge on any atom is -0.347 e. The molecule has 1 saturated heterocycles. The summed E-state index contributed by atoms with van der Waals surface area (Å²) in [7, 11) is 0. The highest BCUT2D eigenvalue weighted by Crippen LogP contribution is 2.22. The number of nitrogens with one attached hydrogen (secondary N) is 3. The van der Waals surface area contributed by atoms with E-state index in [2.05, 4.69) is 16.0 Å². The number of carbonyl (C=O) groups excluding carboxylic acids is 2. The largest absolute Gasteiger partial charge is 0.347 e. The Morgan fingerprint density at radius 3 is 2.68 bits per heavy atom. The molecule has 0 aromatic heterocycles. The number of rotatable bonds is 6. The van der Waals surface area contributed by atoms with E-state index in [9.17, 15) is 9.59 Å². The predicted octanol–water partition coefficient (Wildman–Crippen LogP) is 2.71. The van der Waals surface area contributed by atoms with Crippen LogP contribution in [-0.4, -0.2) is 31.4 Å². The Bertz CT molecular complexity index is 724. The zero-order chi connectivity index (χ0) is 16.8. The molecular weight excluding hydrogens is 338 g/mol. The molecule has 1 heterocycles. The summed E-state index contributed by atoms with van der Waals surface area (Å²) in [6.45, 7) is 2.04. The molecule has 3 rings (SSSR count). The van der Waals surface area contributed by atoms with Gasteiger partial charge < -0.3 is 16.0 Å². The van der Waals surface area contributed by atoms with Gasteiger partial charge in [0.15, 0.2) is 0 Å². The Morgan fingerprint density at radius 2 is 1.88 bits per heavy atom. The van der Waals surface area contributed by atoms with Gasteiger partial charge in [-0.15, -0.1) is 12.4 Å². The van der Waals surface area contributed by atoms with Crippen molar-refractivity contribution in [3.05, 3.63) is 42.5 Å². The second-order valence-corrected chi connectivity index (χ2v) is 6.25. The molecule has 6 heteroatoms. The average molecular weight is 362 g/mol. The Morgan fingerprint density at radius 1 is 1.08 bits per heavy atom. The number of hydrogen-bond acceptors (Lipinski definition) is 3. The number of amides is 2. The zero-order valence-electron chi connectivity index (χ0n) is 14.1. The highest BCUT2D eigenvalue weighted by Gasteiger charge is 2.16. The first-order valence-corrected chi connectivity index (χ1v) is 8.47. The molecule has 5 nitrogen and oxygen atoms in total. The van der Waals surface area contributed by atoms with Gasteiger partial charge in [-0.05, 0) is 43.3 Å². The van der Waals surface area contributed by atoms with Crippen molar-refractivity contribution in [3.8, 4) is 0 Å². The second kappa shape index (κ2) is 9.39. The van der Waals surface area contributed by atoms with Crippen LogP contribution in [0.4, 0.5) is 5.69 Å². The van der Waals surface area contributed by atoms with Crippen LogP contribution in [0.5, 0.6) is 0 Å². The maximum Gasteiger partial charge on any atom is 0.243 e. The summed E-state index contributed by atoms with van der Waals surface area (Å²) in [5, 5.41) is 10.9. The van der Waals surface area contributed by atoms with Crippen molar-refractivity contribution in [2.24, 2.45) is 5.92 Å². The lowest BCUT2D eigenvalue weighted by molar-refractivity contribution is -0.124. The van der Waals surface area contributed by atoms with Crippen molar-refractivity contribution in [2.75, 3.05) is 25.0 Å². The monoisotopic (exact) mass is 361 g/mol. The topological polar surface area (TPSA) is 70.2 Å². The summed E-state index contributed by atoms with van der Waals surface area (Å²) >= 11 is 0. The van der Waals surface area contributed by atoms with E-state index in [1.807, 2.05) is 42.5 Å². The third-order valence-corrected chi connectivity index (χ3v) is 4.45. The van der Waals surface area contributed by atoms with E-state index in [4.69, 9.17) is 0 Å². The van der Waals surface area contributed by atoms with Gasteiger partial charge in [0.05, 0.1) is 6.54 Å². The Kier molecular flexibility index (Phi) is 7.22. The number of benzene rings is 2. The third kappa shape index (κ3) is 5.44. The Hall–Kier alpha value is -2.11. The molecule has 1 atom stereocenters. The van der Waals surface area contributed by atoms with E-state index >= 15 is 0 Å². The predicted molar refractivity (Wildman–Crippen MR) is 103 cm³/mol.